The van der Waals surface area contributed by atoms with E-state index in [9.17, 15) is 4.79 Å². The smallest absolute Gasteiger partial charge is 0.244 e. The molecule has 21 heavy (non-hydrogen) atoms. The van der Waals surface area contributed by atoms with Crippen LogP contribution in [0.5, 0.6) is 5.75 Å². The summed E-state index contributed by atoms with van der Waals surface area (Å²) in [5, 5.41) is 3.55. The molecule has 1 aromatic rings. The maximum absolute atomic E-state index is 12.8. The third-order valence-corrected chi connectivity index (χ3v) is 4.82. The molecule has 1 amide bonds. The highest BCUT2D eigenvalue weighted by molar-refractivity contribution is 5.92. The predicted octanol–water partition coefficient (Wildman–Crippen LogP) is 1.45. The Morgan fingerprint density at radius 2 is 2.19 bits per heavy atom. The van der Waals surface area contributed by atoms with E-state index in [0.717, 1.165) is 37.2 Å². The molecule has 5 heteroatoms. The molecule has 1 aliphatic carbocycles. The minimum atomic E-state index is -0.325. The molecule has 1 spiro atoms. The zero-order valence-corrected chi connectivity index (χ0v) is 12.2. The second-order valence-corrected chi connectivity index (χ2v) is 6.10. The molecule has 2 saturated heterocycles. The van der Waals surface area contributed by atoms with E-state index in [1.54, 1.807) is 7.11 Å². The summed E-state index contributed by atoms with van der Waals surface area (Å²) in [6.45, 7) is 1.37. The van der Waals surface area contributed by atoms with Gasteiger partial charge in [-0.15, -0.1) is 0 Å². The maximum Gasteiger partial charge on any atom is 0.244 e. The first-order valence-corrected chi connectivity index (χ1v) is 7.56. The maximum atomic E-state index is 12.8. The van der Waals surface area contributed by atoms with Crippen LogP contribution in [0, 0.1) is 0 Å². The molecule has 1 saturated carbocycles. The molecule has 0 bridgehead atoms. The van der Waals surface area contributed by atoms with Crippen LogP contribution in [0.2, 0.25) is 0 Å². The zero-order chi connectivity index (χ0) is 14.4. The summed E-state index contributed by atoms with van der Waals surface area (Å²) in [5.74, 6) is 1.05. The van der Waals surface area contributed by atoms with Crippen LogP contribution in [-0.4, -0.2) is 42.7 Å². The summed E-state index contributed by atoms with van der Waals surface area (Å²) in [4.78, 5) is 14.8. The molecule has 112 valence electrons. The Bertz CT molecular complexity index is 564. The van der Waals surface area contributed by atoms with E-state index in [1.165, 1.54) is 0 Å². The molecular formula is C16H20N2O3. The molecule has 3 fully saturated rings. The van der Waals surface area contributed by atoms with Gasteiger partial charge in [-0.05, 0) is 25.3 Å². The van der Waals surface area contributed by atoms with Gasteiger partial charge in [-0.3, -0.25) is 10.1 Å². The first kappa shape index (κ1) is 13.1. The molecule has 1 N–H and O–H groups in total. The Morgan fingerprint density at radius 1 is 1.38 bits per heavy atom. The topological polar surface area (TPSA) is 50.8 Å². The van der Waals surface area contributed by atoms with Crippen molar-refractivity contribution in [3.63, 3.8) is 0 Å². The predicted molar refractivity (Wildman–Crippen MR) is 76.9 cm³/mol. The summed E-state index contributed by atoms with van der Waals surface area (Å²) in [6, 6.07) is 8.09. The highest BCUT2D eigenvalue weighted by atomic mass is 16.5. The van der Waals surface area contributed by atoms with E-state index in [2.05, 4.69) is 5.32 Å². The lowest BCUT2D eigenvalue weighted by Crippen LogP contribution is -2.41. The molecule has 0 aromatic heterocycles. The Labute approximate surface area is 124 Å². The molecule has 2 atom stereocenters. The largest absolute Gasteiger partial charge is 0.496 e. The van der Waals surface area contributed by atoms with Gasteiger partial charge >= 0.3 is 0 Å². The van der Waals surface area contributed by atoms with Crippen LogP contribution in [0.4, 0.5) is 0 Å². The molecule has 2 heterocycles. The molecular weight excluding hydrogens is 268 g/mol. The van der Waals surface area contributed by atoms with Crippen molar-refractivity contribution in [2.75, 3.05) is 20.3 Å². The molecule has 5 nitrogen and oxygen atoms in total. The fourth-order valence-corrected chi connectivity index (χ4v) is 3.48. The number of hydrogen-bond donors (Lipinski definition) is 1. The minimum Gasteiger partial charge on any atom is -0.496 e. The standard InChI is InChI=1S/C16H20N2O3/c1-20-13-5-3-2-4-12(13)14-17-16(7-8-16)15(19)18(14)11-6-9-21-10-11/h2-5,11,14,17H,6-10H2,1H3. The van der Waals surface area contributed by atoms with Gasteiger partial charge in [0.05, 0.1) is 19.8 Å². The third-order valence-electron chi connectivity index (χ3n) is 4.82. The van der Waals surface area contributed by atoms with E-state index < -0.39 is 0 Å². The number of carbonyl (C=O) groups is 1. The highest BCUT2D eigenvalue weighted by Crippen LogP contribution is 2.48. The number of nitrogens with zero attached hydrogens (tertiary/aromatic N) is 1. The summed E-state index contributed by atoms with van der Waals surface area (Å²) in [6.07, 6.45) is 2.67. The van der Waals surface area contributed by atoms with E-state index in [0.29, 0.717) is 6.61 Å². The van der Waals surface area contributed by atoms with Gasteiger partial charge < -0.3 is 14.4 Å². The van der Waals surface area contributed by atoms with Crippen molar-refractivity contribution >= 4 is 5.91 Å². The van der Waals surface area contributed by atoms with E-state index in [4.69, 9.17) is 9.47 Å². The summed E-state index contributed by atoms with van der Waals surface area (Å²) >= 11 is 0. The number of para-hydroxylation sites is 1. The average Bonchev–Trinajstić information content (AvgIpc) is 2.98. The number of ether oxygens (including phenoxy) is 2. The van der Waals surface area contributed by atoms with Crippen molar-refractivity contribution in [3.05, 3.63) is 29.8 Å². The second-order valence-electron chi connectivity index (χ2n) is 6.10. The number of carbonyl (C=O) groups excluding carboxylic acids is 1. The number of nitrogens with one attached hydrogen (secondary N) is 1. The number of benzene rings is 1. The van der Waals surface area contributed by atoms with E-state index in [-0.39, 0.29) is 23.7 Å². The van der Waals surface area contributed by atoms with Crippen LogP contribution in [-0.2, 0) is 9.53 Å². The van der Waals surface area contributed by atoms with Crippen molar-refractivity contribution in [2.24, 2.45) is 0 Å². The molecule has 2 aliphatic heterocycles. The van der Waals surface area contributed by atoms with Gasteiger partial charge in [0.1, 0.15) is 17.5 Å². The minimum absolute atomic E-state index is 0.108. The van der Waals surface area contributed by atoms with Crippen molar-refractivity contribution < 1.29 is 14.3 Å². The van der Waals surface area contributed by atoms with Crippen LogP contribution in [0.25, 0.3) is 0 Å². The quantitative estimate of drug-likeness (QED) is 0.914. The van der Waals surface area contributed by atoms with Crippen LogP contribution >= 0.6 is 0 Å². The lowest BCUT2D eigenvalue weighted by molar-refractivity contribution is -0.133. The van der Waals surface area contributed by atoms with Crippen molar-refractivity contribution in [1.82, 2.24) is 10.2 Å². The van der Waals surface area contributed by atoms with Gasteiger partial charge in [0.25, 0.3) is 0 Å². The molecule has 4 rings (SSSR count). The van der Waals surface area contributed by atoms with Crippen LogP contribution in [0.1, 0.15) is 31.0 Å². The van der Waals surface area contributed by atoms with Gasteiger partial charge in [0, 0.05) is 12.2 Å². The first-order valence-electron chi connectivity index (χ1n) is 7.56. The van der Waals surface area contributed by atoms with Crippen molar-refractivity contribution in [1.29, 1.82) is 0 Å². The number of methoxy groups -OCH3 is 1. The number of hydrogen-bond acceptors (Lipinski definition) is 4. The van der Waals surface area contributed by atoms with Gasteiger partial charge in [-0.1, -0.05) is 18.2 Å². The molecule has 0 radical (unpaired) electrons. The first-order chi connectivity index (χ1) is 10.2. The number of rotatable bonds is 3. The Hall–Kier alpha value is -1.59. The van der Waals surface area contributed by atoms with Crippen LogP contribution in [0.15, 0.2) is 24.3 Å². The Morgan fingerprint density at radius 3 is 2.86 bits per heavy atom. The van der Waals surface area contributed by atoms with E-state index >= 15 is 0 Å². The monoisotopic (exact) mass is 288 g/mol. The average molecular weight is 288 g/mol. The molecule has 1 aromatic carbocycles. The summed E-state index contributed by atoms with van der Waals surface area (Å²) in [5.41, 5.74) is 0.706. The third kappa shape index (κ3) is 1.95. The van der Waals surface area contributed by atoms with Gasteiger partial charge in [0.2, 0.25) is 5.91 Å². The van der Waals surface area contributed by atoms with Gasteiger partial charge in [0.15, 0.2) is 0 Å². The fourth-order valence-electron chi connectivity index (χ4n) is 3.48. The number of amides is 1. The van der Waals surface area contributed by atoms with Crippen LogP contribution in [0.3, 0.4) is 0 Å². The fraction of sp³-hybridized carbons (Fsp3) is 0.562. The molecule has 3 aliphatic rings. The zero-order valence-electron chi connectivity index (χ0n) is 12.2. The molecule has 2 unspecified atom stereocenters. The lowest BCUT2D eigenvalue weighted by atomic mass is 10.1. The van der Waals surface area contributed by atoms with Crippen molar-refractivity contribution in [2.45, 2.75) is 37.0 Å². The Kier molecular flexibility index (Phi) is 2.94. The second kappa shape index (κ2) is 4.71. The normalized spacial score (nSPS) is 30.1. The summed E-state index contributed by atoms with van der Waals surface area (Å²) < 4.78 is 11.0. The SMILES string of the molecule is COc1ccccc1C1NC2(CC2)C(=O)N1C1CCOC1. The van der Waals surface area contributed by atoms with Crippen molar-refractivity contribution in [3.8, 4) is 5.75 Å². The lowest BCUT2D eigenvalue weighted by Gasteiger charge is -2.30. The highest BCUT2D eigenvalue weighted by Gasteiger charge is 2.61. The Balaban J connectivity index is 1.73. The van der Waals surface area contributed by atoms with Gasteiger partial charge in [-0.2, -0.15) is 0 Å². The van der Waals surface area contributed by atoms with Gasteiger partial charge in [-0.25, -0.2) is 0 Å². The van der Waals surface area contributed by atoms with E-state index in [1.807, 2.05) is 29.2 Å². The van der Waals surface area contributed by atoms with Crippen LogP contribution < -0.4 is 10.1 Å². The summed E-state index contributed by atoms with van der Waals surface area (Å²) in [7, 11) is 1.67.